The van der Waals surface area contributed by atoms with E-state index in [4.69, 9.17) is 4.42 Å². The van der Waals surface area contributed by atoms with Crippen molar-refractivity contribution in [3.63, 3.8) is 0 Å². The van der Waals surface area contributed by atoms with Crippen molar-refractivity contribution in [2.24, 2.45) is 0 Å². The molecule has 1 N–H and O–H groups in total. The van der Waals surface area contributed by atoms with Crippen LogP contribution in [0.4, 0.5) is 5.69 Å². The molecule has 0 radical (unpaired) electrons. The average Bonchev–Trinajstić information content (AvgIpc) is 3.26. The summed E-state index contributed by atoms with van der Waals surface area (Å²) >= 11 is 0. The van der Waals surface area contributed by atoms with Gasteiger partial charge in [-0.05, 0) is 44.0 Å². The molecular weight excluding hydrogens is 264 g/mol. The van der Waals surface area contributed by atoms with Crippen LogP contribution in [0.3, 0.4) is 0 Å². The molecule has 0 bridgehead atoms. The molecule has 4 heteroatoms. The smallest absolute Gasteiger partial charge is 0.256 e. The Hall–Kier alpha value is -2.23. The second kappa shape index (κ2) is 5.64. The van der Waals surface area contributed by atoms with Crippen LogP contribution >= 0.6 is 0 Å². The van der Waals surface area contributed by atoms with Gasteiger partial charge in [-0.2, -0.15) is 0 Å². The van der Waals surface area contributed by atoms with E-state index in [1.165, 1.54) is 0 Å². The predicted molar refractivity (Wildman–Crippen MR) is 82.3 cm³/mol. The number of rotatable bonds is 5. The fraction of sp³-hybridized carbons (Fsp3) is 0.353. The first-order chi connectivity index (χ1) is 10.2. The van der Waals surface area contributed by atoms with Gasteiger partial charge in [-0.25, -0.2) is 0 Å². The SMILES string of the molecule is CNc1ccccc1C(=O)N(Cc1ccc(C)o1)C1CC1. The topological polar surface area (TPSA) is 45.5 Å². The molecule has 1 aliphatic rings. The van der Waals surface area contributed by atoms with Gasteiger partial charge in [-0.1, -0.05) is 12.1 Å². The number of para-hydroxylation sites is 1. The van der Waals surface area contributed by atoms with E-state index in [0.29, 0.717) is 12.6 Å². The summed E-state index contributed by atoms with van der Waals surface area (Å²) in [5, 5.41) is 3.09. The molecule has 21 heavy (non-hydrogen) atoms. The monoisotopic (exact) mass is 284 g/mol. The van der Waals surface area contributed by atoms with Crippen molar-refractivity contribution in [3.8, 4) is 0 Å². The van der Waals surface area contributed by atoms with E-state index in [9.17, 15) is 4.79 Å². The van der Waals surface area contributed by atoms with Gasteiger partial charge in [0.2, 0.25) is 0 Å². The van der Waals surface area contributed by atoms with Gasteiger partial charge in [0.25, 0.3) is 5.91 Å². The summed E-state index contributed by atoms with van der Waals surface area (Å²) in [5.41, 5.74) is 1.58. The first-order valence-electron chi connectivity index (χ1n) is 7.32. The molecule has 2 aromatic rings. The summed E-state index contributed by atoms with van der Waals surface area (Å²) in [4.78, 5) is 14.8. The Morgan fingerprint density at radius 1 is 1.29 bits per heavy atom. The van der Waals surface area contributed by atoms with Gasteiger partial charge in [0.05, 0.1) is 12.1 Å². The lowest BCUT2D eigenvalue weighted by atomic mass is 10.1. The second-order valence-corrected chi connectivity index (χ2v) is 5.47. The second-order valence-electron chi connectivity index (χ2n) is 5.47. The Morgan fingerprint density at radius 3 is 2.67 bits per heavy atom. The van der Waals surface area contributed by atoms with Crippen molar-refractivity contribution in [2.75, 3.05) is 12.4 Å². The summed E-state index contributed by atoms with van der Waals surface area (Å²) in [6, 6.07) is 11.9. The molecule has 110 valence electrons. The highest BCUT2D eigenvalue weighted by atomic mass is 16.3. The van der Waals surface area contributed by atoms with Crippen molar-refractivity contribution in [2.45, 2.75) is 32.4 Å². The number of amides is 1. The van der Waals surface area contributed by atoms with Crippen LogP contribution in [0.25, 0.3) is 0 Å². The van der Waals surface area contributed by atoms with Crippen LogP contribution in [0.1, 0.15) is 34.7 Å². The maximum atomic E-state index is 12.9. The highest BCUT2D eigenvalue weighted by Gasteiger charge is 2.34. The summed E-state index contributed by atoms with van der Waals surface area (Å²) < 4.78 is 5.63. The summed E-state index contributed by atoms with van der Waals surface area (Å²) in [7, 11) is 1.84. The van der Waals surface area contributed by atoms with E-state index in [1.54, 1.807) is 0 Å². The lowest BCUT2D eigenvalue weighted by molar-refractivity contribution is 0.0718. The average molecular weight is 284 g/mol. The van der Waals surface area contributed by atoms with Gasteiger partial charge in [0.1, 0.15) is 11.5 Å². The molecule has 3 rings (SSSR count). The molecule has 1 heterocycles. The van der Waals surface area contributed by atoms with Crippen molar-refractivity contribution < 1.29 is 9.21 Å². The molecular formula is C17H20N2O2. The summed E-state index contributed by atoms with van der Waals surface area (Å²) in [6.45, 7) is 2.46. The van der Waals surface area contributed by atoms with Gasteiger partial charge in [0, 0.05) is 18.8 Å². The van der Waals surface area contributed by atoms with Crippen LogP contribution < -0.4 is 5.32 Å². The van der Waals surface area contributed by atoms with Crippen molar-refractivity contribution in [1.82, 2.24) is 4.90 Å². The number of hydrogen-bond acceptors (Lipinski definition) is 3. The van der Waals surface area contributed by atoms with E-state index in [-0.39, 0.29) is 5.91 Å². The standard InChI is InChI=1S/C17H20N2O2/c1-12-7-10-14(21-12)11-19(13-8-9-13)17(20)15-5-3-4-6-16(15)18-2/h3-7,10,13,18H,8-9,11H2,1-2H3. The lowest BCUT2D eigenvalue weighted by Crippen LogP contribution is -2.32. The molecule has 1 aromatic heterocycles. The molecule has 0 atom stereocenters. The van der Waals surface area contributed by atoms with Gasteiger partial charge in [0.15, 0.2) is 0 Å². The molecule has 1 amide bonds. The van der Waals surface area contributed by atoms with Crippen molar-refractivity contribution in [3.05, 3.63) is 53.5 Å². The number of anilines is 1. The normalized spacial score (nSPS) is 14.0. The number of carbonyl (C=O) groups is 1. The third-order valence-corrected chi connectivity index (χ3v) is 3.80. The highest BCUT2D eigenvalue weighted by Crippen LogP contribution is 2.31. The number of furan rings is 1. The lowest BCUT2D eigenvalue weighted by Gasteiger charge is -2.22. The number of benzene rings is 1. The minimum Gasteiger partial charge on any atom is -0.464 e. The van der Waals surface area contributed by atoms with Gasteiger partial charge in [-0.3, -0.25) is 4.79 Å². The third-order valence-electron chi connectivity index (χ3n) is 3.80. The molecule has 1 aliphatic carbocycles. The first-order valence-corrected chi connectivity index (χ1v) is 7.32. The minimum absolute atomic E-state index is 0.0662. The third kappa shape index (κ3) is 2.94. The van der Waals surface area contributed by atoms with E-state index in [0.717, 1.165) is 35.6 Å². The van der Waals surface area contributed by atoms with Crippen LogP contribution in [0, 0.1) is 6.92 Å². The number of nitrogens with zero attached hydrogens (tertiary/aromatic N) is 1. The summed E-state index contributed by atoms with van der Waals surface area (Å²) in [5.74, 6) is 1.79. The van der Waals surface area contributed by atoms with Crippen LogP contribution in [-0.4, -0.2) is 23.9 Å². The zero-order valence-corrected chi connectivity index (χ0v) is 12.4. The Kier molecular flexibility index (Phi) is 3.69. The Labute approximate surface area is 124 Å². The maximum Gasteiger partial charge on any atom is 0.256 e. The maximum absolute atomic E-state index is 12.9. The van der Waals surface area contributed by atoms with E-state index in [2.05, 4.69) is 5.32 Å². The highest BCUT2D eigenvalue weighted by molar-refractivity contribution is 5.99. The largest absolute Gasteiger partial charge is 0.464 e. The quantitative estimate of drug-likeness (QED) is 0.915. The van der Waals surface area contributed by atoms with E-state index in [1.807, 2.05) is 55.3 Å². The van der Waals surface area contributed by atoms with Crippen molar-refractivity contribution in [1.29, 1.82) is 0 Å². The zero-order valence-electron chi connectivity index (χ0n) is 12.4. The molecule has 0 saturated heterocycles. The Balaban J connectivity index is 1.85. The van der Waals surface area contributed by atoms with Gasteiger partial charge in [-0.15, -0.1) is 0 Å². The molecule has 0 aliphatic heterocycles. The van der Waals surface area contributed by atoms with Crippen LogP contribution in [-0.2, 0) is 6.54 Å². The molecule has 1 saturated carbocycles. The molecule has 4 nitrogen and oxygen atoms in total. The molecule has 1 aromatic carbocycles. The summed E-state index contributed by atoms with van der Waals surface area (Å²) in [6.07, 6.45) is 2.15. The van der Waals surface area contributed by atoms with E-state index >= 15 is 0 Å². The number of nitrogens with one attached hydrogen (secondary N) is 1. The molecule has 1 fully saturated rings. The van der Waals surface area contributed by atoms with Crippen molar-refractivity contribution >= 4 is 11.6 Å². The van der Waals surface area contributed by atoms with E-state index < -0.39 is 0 Å². The zero-order chi connectivity index (χ0) is 14.8. The number of hydrogen-bond donors (Lipinski definition) is 1. The Bertz CT molecular complexity index is 644. The molecule has 0 unspecified atom stereocenters. The minimum atomic E-state index is 0.0662. The Morgan fingerprint density at radius 2 is 2.05 bits per heavy atom. The van der Waals surface area contributed by atoms with Gasteiger partial charge >= 0.3 is 0 Å². The van der Waals surface area contributed by atoms with Crippen LogP contribution in [0.15, 0.2) is 40.8 Å². The first kappa shape index (κ1) is 13.7. The fourth-order valence-electron chi connectivity index (χ4n) is 2.53. The van der Waals surface area contributed by atoms with Gasteiger partial charge < -0.3 is 14.6 Å². The van der Waals surface area contributed by atoms with Crippen LogP contribution in [0.5, 0.6) is 0 Å². The predicted octanol–water partition coefficient (Wildman–Crippen LogP) is 3.43. The number of aryl methyl sites for hydroxylation is 1. The van der Waals surface area contributed by atoms with Crippen LogP contribution in [0.2, 0.25) is 0 Å². The fourth-order valence-corrected chi connectivity index (χ4v) is 2.53. The number of carbonyl (C=O) groups excluding carboxylic acids is 1. The molecule has 0 spiro atoms.